The minimum Gasteiger partial charge on any atom is -0.481 e. The molecule has 0 aromatic heterocycles. The van der Waals surface area contributed by atoms with Crippen LogP contribution in [0, 0.1) is 19.8 Å². The van der Waals surface area contributed by atoms with Crippen molar-refractivity contribution in [2.45, 2.75) is 26.2 Å². The van der Waals surface area contributed by atoms with Gasteiger partial charge in [0.1, 0.15) is 0 Å². The second-order valence-electron chi connectivity index (χ2n) is 6.87. The Morgan fingerprint density at radius 3 is 2.48 bits per heavy atom. The molecule has 0 spiro atoms. The number of benzene rings is 2. The standard InChI is InChI=1S/C21H23NO3/c1-14-8-9-15(2)17(10-14)11-20(23)22-12-18(19(13-22)21(24)25)16-6-4-3-5-7-16/h3-10,18-19H,11-13H2,1-2H3,(H,24,25)/t18-,19-/m0/s1. The topological polar surface area (TPSA) is 57.6 Å². The maximum absolute atomic E-state index is 12.8. The summed E-state index contributed by atoms with van der Waals surface area (Å²) in [5.41, 5.74) is 4.21. The molecule has 0 aliphatic carbocycles. The molecule has 1 fully saturated rings. The van der Waals surface area contributed by atoms with Crippen LogP contribution >= 0.6 is 0 Å². The molecule has 1 aliphatic heterocycles. The average molecular weight is 337 g/mol. The van der Waals surface area contributed by atoms with E-state index in [-0.39, 0.29) is 18.4 Å². The summed E-state index contributed by atoms with van der Waals surface area (Å²) < 4.78 is 0. The Morgan fingerprint density at radius 1 is 1.08 bits per heavy atom. The monoisotopic (exact) mass is 337 g/mol. The maximum Gasteiger partial charge on any atom is 0.308 e. The zero-order chi connectivity index (χ0) is 18.0. The van der Waals surface area contributed by atoms with Gasteiger partial charge in [-0.15, -0.1) is 0 Å². The molecule has 1 aliphatic rings. The first-order valence-electron chi connectivity index (χ1n) is 8.57. The number of carbonyl (C=O) groups is 2. The van der Waals surface area contributed by atoms with Crippen LogP contribution in [0.15, 0.2) is 48.5 Å². The van der Waals surface area contributed by atoms with E-state index in [4.69, 9.17) is 0 Å². The molecule has 0 bridgehead atoms. The van der Waals surface area contributed by atoms with Crippen LogP contribution in [-0.4, -0.2) is 35.0 Å². The van der Waals surface area contributed by atoms with Crippen molar-refractivity contribution in [2.24, 2.45) is 5.92 Å². The predicted molar refractivity (Wildman–Crippen MR) is 96.5 cm³/mol. The van der Waals surface area contributed by atoms with Gasteiger partial charge >= 0.3 is 5.97 Å². The van der Waals surface area contributed by atoms with Gasteiger partial charge in [0, 0.05) is 19.0 Å². The second-order valence-corrected chi connectivity index (χ2v) is 6.87. The number of amides is 1. The molecular weight excluding hydrogens is 314 g/mol. The number of rotatable bonds is 4. The van der Waals surface area contributed by atoms with Gasteiger partial charge in [0.25, 0.3) is 0 Å². The molecular formula is C21H23NO3. The lowest BCUT2D eigenvalue weighted by atomic mass is 9.89. The number of aryl methyl sites for hydroxylation is 2. The Labute approximate surface area is 148 Å². The van der Waals surface area contributed by atoms with E-state index in [0.29, 0.717) is 13.0 Å². The minimum atomic E-state index is -0.837. The largest absolute Gasteiger partial charge is 0.481 e. The third kappa shape index (κ3) is 3.73. The van der Waals surface area contributed by atoms with E-state index in [9.17, 15) is 14.7 Å². The van der Waals surface area contributed by atoms with E-state index >= 15 is 0 Å². The van der Waals surface area contributed by atoms with Gasteiger partial charge in [-0.1, -0.05) is 54.1 Å². The molecule has 4 nitrogen and oxygen atoms in total. The maximum atomic E-state index is 12.8. The van der Waals surface area contributed by atoms with Crippen molar-refractivity contribution in [1.29, 1.82) is 0 Å². The molecule has 4 heteroatoms. The fourth-order valence-electron chi connectivity index (χ4n) is 3.56. The Balaban J connectivity index is 1.78. The number of nitrogens with zero attached hydrogens (tertiary/aromatic N) is 1. The molecule has 0 unspecified atom stereocenters. The fourth-order valence-corrected chi connectivity index (χ4v) is 3.56. The van der Waals surface area contributed by atoms with Gasteiger partial charge in [-0.05, 0) is 30.5 Å². The lowest BCUT2D eigenvalue weighted by Gasteiger charge is -2.17. The van der Waals surface area contributed by atoms with Crippen molar-refractivity contribution in [1.82, 2.24) is 4.90 Å². The first kappa shape index (κ1) is 17.2. The Morgan fingerprint density at radius 2 is 1.80 bits per heavy atom. The molecule has 3 rings (SSSR count). The lowest BCUT2D eigenvalue weighted by Crippen LogP contribution is -2.31. The highest BCUT2D eigenvalue weighted by Crippen LogP contribution is 2.33. The molecule has 2 aromatic rings. The molecule has 2 aromatic carbocycles. The van der Waals surface area contributed by atoms with Crippen LogP contribution in [0.25, 0.3) is 0 Å². The average Bonchev–Trinajstić information content (AvgIpc) is 3.05. The molecule has 0 radical (unpaired) electrons. The van der Waals surface area contributed by atoms with Gasteiger partial charge in [-0.2, -0.15) is 0 Å². The minimum absolute atomic E-state index is 0.00150. The van der Waals surface area contributed by atoms with Crippen molar-refractivity contribution >= 4 is 11.9 Å². The Kier molecular flexibility index (Phi) is 4.88. The van der Waals surface area contributed by atoms with Gasteiger partial charge in [0.15, 0.2) is 0 Å². The van der Waals surface area contributed by atoms with Crippen LogP contribution in [0.4, 0.5) is 0 Å². The summed E-state index contributed by atoms with van der Waals surface area (Å²) in [4.78, 5) is 26.1. The first-order valence-corrected chi connectivity index (χ1v) is 8.57. The zero-order valence-corrected chi connectivity index (χ0v) is 14.6. The Bertz CT molecular complexity index is 785. The summed E-state index contributed by atoms with van der Waals surface area (Å²) in [6.45, 7) is 4.75. The Hall–Kier alpha value is -2.62. The van der Waals surface area contributed by atoms with Gasteiger partial charge in [-0.25, -0.2) is 0 Å². The summed E-state index contributed by atoms with van der Waals surface area (Å²) in [5.74, 6) is -1.54. The normalized spacial score (nSPS) is 19.8. The number of aliphatic carboxylic acids is 1. The van der Waals surface area contributed by atoms with Crippen LogP contribution in [0.3, 0.4) is 0 Å². The van der Waals surface area contributed by atoms with Crippen molar-refractivity contribution in [2.75, 3.05) is 13.1 Å². The van der Waals surface area contributed by atoms with Crippen molar-refractivity contribution in [3.05, 3.63) is 70.8 Å². The molecule has 1 amide bonds. The van der Waals surface area contributed by atoms with E-state index in [2.05, 4.69) is 0 Å². The molecule has 1 heterocycles. The van der Waals surface area contributed by atoms with Crippen molar-refractivity contribution < 1.29 is 14.7 Å². The first-order chi connectivity index (χ1) is 12.0. The molecule has 1 saturated heterocycles. The molecule has 0 saturated carbocycles. The van der Waals surface area contributed by atoms with Gasteiger partial charge in [-0.3, -0.25) is 9.59 Å². The highest BCUT2D eigenvalue weighted by molar-refractivity contribution is 5.81. The van der Waals surface area contributed by atoms with Crippen LogP contribution in [0.2, 0.25) is 0 Å². The predicted octanol–water partition coefficient (Wildman–Crippen LogP) is 3.17. The number of hydrogen-bond acceptors (Lipinski definition) is 2. The molecule has 25 heavy (non-hydrogen) atoms. The van der Waals surface area contributed by atoms with Crippen LogP contribution in [0.5, 0.6) is 0 Å². The SMILES string of the molecule is Cc1ccc(C)c(CC(=O)N2C[C@H](C(=O)O)[C@H](c3ccccc3)C2)c1. The second kappa shape index (κ2) is 7.09. The number of likely N-dealkylation sites (tertiary alicyclic amines) is 1. The molecule has 2 atom stereocenters. The van der Waals surface area contributed by atoms with Crippen LogP contribution in [0.1, 0.15) is 28.2 Å². The highest BCUT2D eigenvalue weighted by atomic mass is 16.4. The zero-order valence-electron chi connectivity index (χ0n) is 14.6. The quantitative estimate of drug-likeness (QED) is 0.932. The van der Waals surface area contributed by atoms with Crippen molar-refractivity contribution in [3.8, 4) is 0 Å². The third-order valence-electron chi connectivity index (χ3n) is 5.06. The van der Waals surface area contributed by atoms with E-state index in [1.165, 1.54) is 0 Å². The smallest absolute Gasteiger partial charge is 0.308 e. The molecule has 130 valence electrons. The van der Waals surface area contributed by atoms with Gasteiger partial charge in [0.2, 0.25) is 5.91 Å². The number of carboxylic acids is 1. The summed E-state index contributed by atoms with van der Waals surface area (Å²) in [5, 5.41) is 9.58. The summed E-state index contributed by atoms with van der Waals surface area (Å²) >= 11 is 0. The molecule has 1 N–H and O–H groups in total. The van der Waals surface area contributed by atoms with Crippen LogP contribution < -0.4 is 0 Å². The number of carboxylic acid groups (broad SMARTS) is 1. The fraction of sp³-hybridized carbons (Fsp3) is 0.333. The number of hydrogen-bond donors (Lipinski definition) is 1. The lowest BCUT2D eigenvalue weighted by molar-refractivity contribution is -0.141. The van der Waals surface area contributed by atoms with E-state index in [1.807, 2.05) is 62.4 Å². The van der Waals surface area contributed by atoms with E-state index < -0.39 is 11.9 Å². The third-order valence-corrected chi connectivity index (χ3v) is 5.06. The van der Waals surface area contributed by atoms with Crippen LogP contribution in [-0.2, 0) is 16.0 Å². The van der Waals surface area contributed by atoms with Gasteiger partial charge in [0.05, 0.1) is 12.3 Å². The summed E-state index contributed by atoms with van der Waals surface area (Å²) in [6.07, 6.45) is 0.321. The summed E-state index contributed by atoms with van der Waals surface area (Å²) in [6, 6.07) is 15.7. The van der Waals surface area contributed by atoms with E-state index in [0.717, 1.165) is 22.3 Å². The summed E-state index contributed by atoms with van der Waals surface area (Å²) in [7, 11) is 0. The van der Waals surface area contributed by atoms with E-state index in [1.54, 1.807) is 4.90 Å². The highest BCUT2D eigenvalue weighted by Gasteiger charge is 2.40. The van der Waals surface area contributed by atoms with Crippen molar-refractivity contribution in [3.63, 3.8) is 0 Å². The number of carbonyl (C=O) groups excluding carboxylic acids is 1. The van der Waals surface area contributed by atoms with Gasteiger partial charge < -0.3 is 10.0 Å².